The number of hydrogen-bond acceptors (Lipinski definition) is 6. The van der Waals surface area contributed by atoms with Crippen LogP contribution in [0.5, 0.6) is 0 Å². The molecule has 1 amide bonds. The third-order valence-corrected chi connectivity index (χ3v) is 2.61. The first kappa shape index (κ1) is 13.6. The van der Waals surface area contributed by atoms with E-state index in [1.807, 2.05) is 6.26 Å². The van der Waals surface area contributed by atoms with E-state index < -0.39 is 11.7 Å². The number of imidazole rings is 1. The van der Waals surface area contributed by atoms with Crippen LogP contribution in [0, 0.1) is 0 Å². The van der Waals surface area contributed by atoms with Crippen LogP contribution in [-0.4, -0.2) is 37.9 Å². The largest absolute Gasteiger partial charge is 0.444 e. The molecule has 0 bridgehead atoms. The maximum atomic E-state index is 11.8. The molecule has 0 aliphatic heterocycles. The summed E-state index contributed by atoms with van der Waals surface area (Å²) in [5.74, 6) is 0.338. The number of hydrogen-bond donors (Lipinski definition) is 2. The van der Waals surface area contributed by atoms with E-state index in [4.69, 9.17) is 4.74 Å². The standard InChI is InChI=1S/C11H15N5O2S/c1-11(2,3)18-10(17)16-8-6-7(13-5-12-6)14-9(15-8)19-4/h5H,1-4H3,(H2,12,13,14,15,16,17). The number of nitrogens with zero attached hydrogens (tertiary/aromatic N) is 3. The summed E-state index contributed by atoms with van der Waals surface area (Å²) >= 11 is 1.38. The van der Waals surface area contributed by atoms with Gasteiger partial charge < -0.3 is 9.72 Å². The van der Waals surface area contributed by atoms with Gasteiger partial charge in [0, 0.05) is 0 Å². The van der Waals surface area contributed by atoms with Crippen LogP contribution < -0.4 is 5.32 Å². The molecular formula is C11H15N5O2S. The van der Waals surface area contributed by atoms with Gasteiger partial charge in [0.1, 0.15) is 5.60 Å². The lowest BCUT2D eigenvalue weighted by molar-refractivity contribution is 0.0635. The molecule has 0 saturated carbocycles. The van der Waals surface area contributed by atoms with E-state index in [2.05, 4.69) is 25.3 Å². The predicted octanol–water partition coefficient (Wildman–Crippen LogP) is 2.42. The van der Waals surface area contributed by atoms with E-state index in [-0.39, 0.29) is 0 Å². The van der Waals surface area contributed by atoms with Gasteiger partial charge >= 0.3 is 6.09 Å². The Labute approximate surface area is 114 Å². The Kier molecular flexibility index (Phi) is 3.61. The van der Waals surface area contributed by atoms with Gasteiger partial charge in [0.15, 0.2) is 22.1 Å². The molecule has 102 valence electrons. The average Bonchev–Trinajstić information content (AvgIpc) is 2.74. The quantitative estimate of drug-likeness (QED) is 0.648. The number of nitrogens with one attached hydrogen (secondary N) is 2. The van der Waals surface area contributed by atoms with Crippen molar-refractivity contribution in [3.8, 4) is 0 Å². The average molecular weight is 281 g/mol. The Morgan fingerprint density at radius 2 is 2.16 bits per heavy atom. The zero-order valence-electron chi connectivity index (χ0n) is 11.1. The summed E-state index contributed by atoms with van der Waals surface area (Å²) in [6.45, 7) is 5.39. The molecule has 19 heavy (non-hydrogen) atoms. The normalized spacial score (nSPS) is 11.6. The Hall–Kier alpha value is -1.83. The fraction of sp³-hybridized carbons (Fsp3) is 0.455. The van der Waals surface area contributed by atoms with Crippen molar-refractivity contribution in [1.82, 2.24) is 19.9 Å². The maximum absolute atomic E-state index is 11.8. The fourth-order valence-corrected chi connectivity index (χ4v) is 1.76. The molecule has 2 aromatic heterocycles. The number of H-pyrrole nitrogens is 1. The molecule has 2 aromatic rings. The van der Waals surface area contributed by atoms with Gasteiger partial charge in [0.25, 0.3) is 0 Å². The van der Waals surface area contributed by atoms with E-state index >= 15 is 0 Å². The summed E-state index contributed by atoms with van der Waals surface area (Å²) in [4.78, 5) is 27.2. The Balaban J connectivity index is 2.29. The highest BCUT2D eigenvalue weighted by atomic mass is 32.2. The number of ether oxygens (including phenoxy) is 1. The Morgan fingerprint density at radius 1 is 1.42 bits per heavy atom. The second-order valence-corrected chi connectivity index (χ2v) is 5.56. The van der Waals surface area contributed by atoms with Crippen LogP contribution in [0.4, 0.5) is 10.6 Å². The van der Waals surface area contributed by atoms with E-state index in [0.29, 0.717) is 22.1 Å². The summed E-state index contributed by atoms with van der Waals surface area (Å²) in [7, 11) is 0. The molecule has 0 saturated heterocycles. The molecule has 2 heterocycles. The Bertz CT molecular complexity index is 605. The van der Waals surface area contributed by atoms with Gasteiger partial charge in [-0.3, -0.25) is 5.32 Å². The number of aromatic nitrogens is 4. The van der Waals surface area contributed by atoms with E-state index in [1.165, 1.54) is 18.1 Å². The zero-order chi connectivity index (χ0) is 14.0. The number of anilines is 1. The molecule has 0 aromatic carbocycles. The van der Waals surface area contributed by atoms with E-state index in [0.717, 1.165) is 0 Å². The minimum atomic E-state index is -0.567. The van der Waals surface area contributed by atoms with Crippen LogP contribution in [0.25, 0.3) is 11.2 Å². The lowest BCUT2D eigenvalue weighted by Gasteiger charge is -2.19. The van der Waals surface area contributed by atoms with Crippen molar-refractivity contribution >= 4 is 34.8 Å². The molecule has 0 atom stereocenters. The van der Waals surface area contributed by atoms with Crippen molar-refractivity contribution < 1.29 is 9.53 Å². The van der Waals surface area contributed by atoms with E-state index in [9.17, 15) is 4.79 Å². The molecule has 7 nitrogen and oxygen atoms in total. The van der Waals surface area contributed by atoms with Crippen LogP contribution >= 0.6 is 11.8 Å². The van der Waals surface area contributed by atoms with Crippen LogP contribution in [0.1, 0.15) is 20.8 Å². The van der Waals surface area contributed by atoms with Crippen LogP contribution in [0.3, 0.4) is 0 Å². The molecule has 0 radical (unpaired) electrons. The number of aromatic amines is 1. The number of fused-ring (bicyclic) bond motifs is 1. The van der Waals surface area contributed by atoms with Gasteiger partial charge in [-0.25, -0.2) is 19.7 Å². The highest BCUT2D eigenvalue weighted by molar-refractivity contribution is 7.98. The molecule has 0 aliphatic carbocycles. The fourth-order valence-electron chi connectivity index (χ4n) is 1.39. The number of amides is 1. The minimum Gasteiger partial charge on any atom is -0.444 e. The molecule has 2 N–H and O–H groups in total. The minimum absolute atomic E-state index is 0.338. The topological polar surface area (TPSA) is 92.8 Å². The maximum Gasteiger partial charge on any atom is 0.413 e. The molecule has 8 heteroatoms. The van der Waals surface area contributed by atoms with Crippen LogP contribution in [0.15, 0.2) is 11.5 Å². The highest BCUT2D eigenvalue weighted by Crippen LogP contribution is 2.21. The predicted molar refractivity (Wildman–Crippen MR) is 73.3 cm³/mol. The summed E-state index contributed by atoms with van der Waals surface area (Å²) < 4.78 is 5.19. The lowest BCUT2D eigenvalue weighted by Crippen LogP contribution is -2.27. The second kappa shape index (κ2) is 5.04. The third-order valence-electron chi connectivity index (χ3n) is 2.06. The molecular weight excluding hydrogens is 266 g/mol. The number of carbonyl (C=O) groups is 1. The van der Waals surface area contributed by atoms with Crippen molar-refractivity contribution in [3.05, 3.63) is 6.33 Å². The number of thioether (sulfide) groups is 1. The van der Waals surface area contributed by atoms with Crippen LogP contribution in [0.2, 0.25) is 0 Å². The summed E-state index contributed by atoms with van der Waals surface area (Å²) in [6.07, 6.45) is 2.79. The van der Waals surface area contributed by atoms with Gasteiger partial charge in [0.2, 0.25) is 0 Å². The van der Waals surface area contributed by atoms with Gasteiger partial charge in [-0.1, -0.05) is 11.8 Å². The SMILES string of the molecule is CSc1nc(NC(=O)OC(C)(C)C)c2nc[nH]c2n1. The summed E-state index contributed by atoms with van der Waals surface area (Å²) in [6, 6.07) is 0. The molecule has 0 aliphatic rings. The van der Waals surface area contributed by atoms with Crippen molar-refractivity contribution in [3.63, 3.8) is 0 Å². The van der Waals surface area contributed by atoms with Gasteiger partial charge in [0.05, 0.1) is 6.33 Å². The van der Waals surface area contributed by atoms with Gasteiger partial charge in [-0.05, 0) is 27.0 Å². The van der Waals surface area contributed by atoms with Crippen LogP contribution in [-0.2, 0) is 4.74 Å². The number of carbonyl (C=O) groups excluding carboxylic acids is 1. The summed E-state index contributed by atoms with van der Waals surface area (Å²) in [5, 5.41) is 3.14. The molecule has 0 spiro atoms. The lowest BCUT2D eigenvalue weighted by atomic mass is 10.2. The molecule has 2 rings (SSSR count). The van der Waals surface area contributed by atoms with Gasteiger partial charge in [-0.2, -0.15) is 0 Å². The first-order valence-corrected chi connectivity index (χ1v) is 6.86. The first-order valence-electron chi connectivity index (χ1n) is 5.64. The van der Waals surface area contributed by atoms with E-state index in [1.54, 1.807) is 20.8 Å². The Morgan fingerprint density at radius 3 is 2.79 bits per heavy atom. The highest BCUT2D eigenvalue weighted by Gasteiger charge is 2.18. The van der Waals surface area contributed by atoms with Gasteiger partial charge in [-0.15, -0.1) is 0 Å². The van der Waals surface area contributed by atoms with Crippen molar-refractivity contribution in [2.75, 3.05) is 11.6 Å². The monoisotopic (exact) mass is 281 g/mol. The smallest absolute Gasteiger partial charge is 0.413 e. The third kappa shape index (κ3) is 3.34. The number of rotatable bonds is 2. The summed E-state index contributed by atoms with van der Waals surface area (Å²) in [5.41, 5.74) is 0.513. The first-order chi connectivity index (χ1) is 8.89. The zero-order valence-corrected chi connectivity index (χ0v) is 12.0. The molecule has 0 unspecified atom stereocenters. The van der Waals surface area contributed by atoms with Crippen molar-refractivity contribution in [2.24, 2.45) is 0 Å². The second-order valence-electron chi connectivity index (χ2n) is 4.79. The molecule has 0 fully saturated rings. The van der Waals surface area contributed by atoms with Crippen molar-refractivity contribution in [1.29, 1.82) is 0 Å². The van der Waals surface area contributed by atoms with Crippen molar-refractivity contribution in [2.45, 2.75) is 31.5 Å².